The van der Waals surface area contributed by atoms with Gasteiger partial charge in [-0.1, -0.05) is 0 Å². The zero-order chi connectivity index (χ0) is 18.6. The van der Waals surface area contributed by atoms with Crippen LogP contribution in [-0.4, -0.2) is 50.0 Å². The molecule has 0 spiro atoms. The van der Waals surface area contributed by atoms with Crippen molar-refractivity contribution < 1.29 is 31.9 Å². The Bertz CT molecular complexity index is 733. The van der Waals surface area contributed by atoms with Gasteiger partial charge in [-0.05, 0) is 44.5 Å². The van der Waals surface area contributed by atoms with Gasteiger partial charge < -0.3 is 14.8 Å². The van der Waals surface area contributed by atoms with Crippen LogP contribution in [-0.2, 0) is 24.2 Å². The highest BCUT2D eigenvalue weighted by atomic mass is 32.2. The van der Waals surface area contributed by atoms with Gasteiger partial charge in [-0.2, -0.15) is 0 Å². The lowest BCUT2D eigenvalue weighted by molar-refractivity contribution is -0.161. The molecule has 138 valence electrons. The molecule has 1 aliphatic rings. The van der Waals surface area contributed by atoms with Crippen molar-refractivity contribution in [3.05, 3.63) is 30.1 Å². The minimum atomic E-state index is -3.11. The minimum absolute atomic E-state index is 0.0364. The molecule has 1 aromatic carbocycles. The summed E-state index contributed by atoms with van der Waals surface area (Å²) in [6.45, 7) is 2.83. The zero-order valence-corrected chi connectivity index (χ0v) is 14.7. The number of nitrogens with one attached hydrogen (secondary N) is 1. The van der Waals surface area contributed by atoms with Gasteiger partial charge in [0.2, 0.25) is 0 Å². The van der Waals surface area contributed by atoms with Gasteiger partial charge >= 0.3 is 5.97 Å². The molecule has 1 aliphatic heterocycles. The highest BCUT2D eigenvalue weighted by Gasteiger charge is 2.31. The van der Waals surface area contributed by atoms with Crippen molar-refractivity contribution in [3.63, 3.8) is 0 Å². The summed E-state index contributed by atoms with van der Waals surface area (Å²) in [6.07, 6.45) is -1.73. The molecule has 1 saturated heterocycles. The van der Waals surface area contributed by atoms with E-state index in [2.05, 4.69) is 5.32 Å². The summed E-state index contributed by atoms with van der Waals surface area (Å²) in [6, 6.07) is 4.66. The Labute approximate surface area is 145 Å². The lowest BCUT2D eigenvalue weighted by atomic mass is 10.2. The van der Waals surface area contributed by atoms with Crippen molar-refractivity contribution >= 4 is 21.7 Å². The van der Waals surface area contributed by atoms with Crippen molar-refractivity contribution in [2.24, 2.45) is 0 Å². The maximum Gasteiger partial charge on any atom is 0.347 e. The topological polar surface area (TPSA) is 98.8 Å². The summed E-state index contributed by atoms with van der Waals surface area (Å²) in [5, 5.41) is 2.56. The van der Waals surface area contributed by atoms with Gasteiger partial charge in [-0.15, -0.1) is 0 Å². The van der Waals surface area contributed by atoms with Gasteiger partial charge in [0.15, 0.2) is 22.0 Å². The van der Waals surface area contributed by atoms with Crippen molar-refractivity contribution in [1.82, 2.24) is 5.32 Å². The second-order valence-electron chi connectivity index (χ2n) is 5.90. The smallest absolute Gasteiger partial charge is 0.347 e. The molecule has 7 nitrogen and oxygen atoms in total. The monoisotopic (exact) mass is 373 g/mol. The van der Waals surface area contributed by atoms with Crippen LogP contribution in [0.3, 0.4) is 0 Å². The summed E-state index contributed by atoms with van der Waals surface area (Å²) in [5.74, 6) is -1.53. The van der Waals surface area contributed by atoms with E-state index in [0.717, 1.165) is 0 Å². The first-order chi connectivity index (χ1) is 11.7. The van der Waals surface area contributed by atoms with Crippen LogP contribution in [0.25, 0.3) is 0 Å². The van der Waals surface area contributed by atoms with Crippen LogP contribution in [0.1, 0.15) is 20.3 Å². The number of rotatable bonds is 6. The van der Waals surface area contributed by atoms with Crippen molar-refractivity contribution in [1.29, 1.82) is 0 Å². The Kier molecular flexibility index (Phi) is 5.99. The van der Waals surface area contributed by atoms with Gasteiger partial charge in [0.1, 0.15) is 11.6 Å². The molecule has 0 bridgehead atoms. The SMILES string of the molecule is C[C@H](OC(=O)[C@@H](C)Oc1ccc(F)cc1)C(=O)N[C@H]1CCS(=O)(=O)C1. The molecule has 1 heterocycles. The number of benzene rings is 1. The molecule has 2 rings (SSSR count). The van der Waals surface area contributed by atoms with Gasteiger partial charge in [-0.25, -0.2) is 17.6 Å². The molecule has 0 unspecified atom stereocenters. The summed E-state index contributed by atoms with van der Waals surface area (Å²) in [4.78, 5) is 24.0. The fourth-order valence-corrected chi connectivity index (χ4v) is 3.99. The third kappa shape index (κ3) is 5.70. The summed E-state index contributed by atoms with van der Waals surface area (Å²) in [7, 11) is -3.11. The predicted molar refractivity (Wildman–Crippen MR) is 87.2 cm³/mol. The Balaban J connectivity index is 1.82. The minimum Gasteiger partial charge on any atom is -0.479 e. The number of hydrogen-bond acceptors (Lipinski definition) is 6. The number of carbonyl (C=O) groups is 2. The highest BCUT2D eigenvalue weighted by molar-refractivity contribution is 7.91. The van der Waals surface area contributed by atoms with E-state index >= 15 is 0 Å². The largest absolute Gasteiger partial charge is 0.479 e. The van der Waals surface area contributed by atoms with Gasteiger partial charge in [0, 0.05) is 6.04 Å². The Hall–Kier alpha value is -2.16. The first-order valence-electron chi connectivity index (χ1n) is 7.80. The van der Waals surface area contributed by atoms with Crippen LogP contribution in [0.5, 0.6) is 5.75 Å². The molecule has 0 radical (unpaired) electrons. The Morgan fingerprint density at radius 2 is 1.84 bits per heavy atom. The molecule has 9 heteroatoms. The molecule has 1 fully saturated rings. The normalized spacial score (nSPS) is 21.2. The van der Waals surface area contributed by atoms with Crippen molar-refractivity contribution in [3.8, 4) is 5.75 Å². The van der Waals surface area contributed by atoms with E-state index in [1.807, 2.05) is 0 Å². The van der Waals surface area contributed by atoms with Crippen LogP contribution < -0.4 is 10.1 Å². The maximum absolute atomic E-state index is 12.8. The summed E-state index contributed by atoms with van der Waals surface area (Å²) < 4.78 is 45.9. The molecule has 1 N–H and O–H groups in total. The van der Waals surface area contributed by atoms with Crippen LogP contribution in [0, 0.1) is 5.82 Å². The number of carbonyl (C=O) groups excluding carboxylic acids is 2. The number of ether oxygens (including phenoxy) is 2. The average Bonchev–Trinajstić information content (AvgIpc) is 2.88. The molecule has 3 atom stereocenters. The third-order valence-electron chi connectivity index (χ3n) is 3.70. The number of halogens is 1. The second kappa shape index (κ2) is 7.81. The standard InChI is InChI=1S/C16H20FNO6S/c1-10(15(19)18-13-7-8-25(21,22)9-13)24-16(20)11(2)23-14-5-3-12(17)4-6-14/h3-6,10-11,13H,7-9H2,1-2H3,(H,18,19)/t10-,11+,13-/m0/s1. The fraction of sp³-hybridized carbons (Fsp3) is 0.500. The predicted octanol–water partition coefficient (Wildman–Crippen LogP) is 0.828. The number of amides is 1. The molecule has 1 aromatic rings. The van der Waals surface area contributed by atoms with Crippen LogP contribution >= 0.6 is 0 Å². The van der Waals surface area contributed by atoms with Crippen LogP contribution in [0.4, 0.5) is 4.39 Å². The van der Waals surface area contributed by atoms with E-state index in [1.165, 1.54) is 38.1 Å². The zero-order valence-electron chi connectivity index (χ0n) is 13.9. The number of hydrogen-bond donors (Lipinski definition) is 1. The van der Waals surface area contributed by atoms with Gasteiger partial charge in [0.05, 0.1) is 11.5 Å². The molecule has 0 aliphatic carbocycles. The molecule has 0 saturated carbocycles. The molecule has 1 amide bonds. The van der Waals surface area contributed by atoms with E-state index < -0.39 is 45.8 Å². The lowest BCUT2D eigenvalue weighted by Crippen LogP contribution is -2.43. The average molecular weight is 373 g/mol. The van der Waals surface area contributed by atoms with Gasteiger partial charge in [0.25, 0.3) is 5.91 Å². The van der Waals surface area contributed by atoms with Crippen molar-refractivity contribution in [2.75, 3.05) is 11.5 Å². The lowest BCUT2D eigenvalue weighted by Gasteiger charge is -2.19. The van der Waals surface area contributed by atoms with Crippen LogP contribution in [0.2, 0.25) is 0 Å². The fourth-order valence-electron chi connectivity index (χ4n) is 2.32. The first kappa shape index (κ1) is 19.2. The Morgan fingerprint density at radius 1 is 1.20 bits per heavy atom. The molecular formula is C16H20FNO6S. The van der Waals surface area contributed by atoms with Crippen LogP contribution in [0.15, 0.2) is 24.3 Å². The van der Waals surface area contributed by atoms with E-state index in [4.69, 9.17) is 9.47 Å². The quantitative estimate of drug-likeness (QED) is 0.742. The second-order valence-corrected chi connectivity index (χ2v) is 8.13. The van der Waals surface area contributed by atoms with E-state index in [0.29, 0.717) is 12.2 Å². The molecule has 0 aromatic heterocycles. The van der Waals surface area contributed by atoms with E-state index in [1.54, 1.807) is 0 Å². The van der Waals surface area contributed by atoms with Gasteiger partial charge in [-0.3, -0.25) is 4.79 Å². The number of esters is 1. The molecular weight excluding hydrogens is 353 g/mol. The number of sulfone groups is 1. The summed E-state index contributed by atoms with van der Waals surface area (Å²) >= 11 is 0. The Morgan fingerprint density at radius 3 is 2.40 bits per heavy atom. The van der Waals surface area contributed by atoms with E-state index in [-0.39, 0.29) is 11.5 Å². The van der Waals surface area contributed by atoms with Crippen molar-refractivity contribution in [2.45, 2.75) is 38.5 Å². The molecule has 25 heavy (non-hydrogen) atoms. The summed E-state index contributed by atoms with van der Waals surface area (Å²) in [5.41, 5.74) is 0. The highest BCUT2D eigenvalue weighted by Crippen LogP contribution is 2.14. The maximum atomic E-state index is 12.8. The van der Waals surface area contributed by atoms with E-state index in [9.17, 15) is 22.4 Å². The first-order valence-corrected chi connectivity index (χ1v) is 9.62. The third-order valence-corrected chi connectivity index (χ3v) is 5.47.